The molecule has 18 heavy (non-hydrogen) atoms. The number of carbonyl (C=O) groups is 1. The van der Waals surface area contributed by atoms with E-state index in [2.05, 4.69) is 37.6 Å². The second-order valence-electron chi connectivity index (χ2n) is 4.39. The first kappa shape index (κ1) is 23.9. The summed E-state index contributed by atoms with van der Waals surface area (Å²) in [5, 5.41) is 2.61. The van der Waals surface area contributed by atoms with Gasteiger partial charge in [-0.05, 0) is 29.2 Å². The van der Waals surface area contributed by atoms with E-state index in [0.717, 1.165) is 0 Å². The Bertz CT molecular complexity index is 308. The Hall–Kier alpha value is 0.798. The molecule has 0 saturated carbocycles. The normalized spacial score (nSPS) is 15.9. The molecule has 0 aromatic heterocycles. The molecule has 100 valence electrons. The molecule has 1 fully saturated rings. The van der Waals surface area contributed by atoms with Gasteiger partial charge in [0.25, 0.3) is 0 Å². The van der Waals surface area contributed by atoms with Crippen molar-refractivity contribution in [3.63, 3.8) is 0 Å². The predicted octanol–water partition coefficient (Wildman–Crippen LogP) is -5.07. The van der Waals surface area contributed by atoms with Gasteiger partial charge in [0, 0.05) is 0 Å². The minimum Gasteiger partial charge on any atom is -1.00 e. The van der Waals surface area contributed by atoms with Crippen LogP contribution in [0.25, 0.3) is 0 Å². The molecule has 0 aromatic carbocycles. The number of fused-ring (bicyclic) bond motifs is 1. The van der Waals surface area contributed by atoms with Gasteiger partial charge in [-0.15, -0.1) is 6.08 Å². The van der Waals surface area contributed by atoms with Crippen molar-refractivity contribution >= 4 is 23.6 Å². The maximum absolute atomic E-state index is 10.3. The SMILES string of the molecule is O=C1[C-]=C2[SiH2]C2=C1.[CH2-]OCO[Si](C)(C)C.[Cl-].[Cl-].[Ti+4]. The maximum Gasteiger partial charge on any atom is 4.00 e. The van der Waals surface area contributed by atoms with E-state index in [-0.39, 0.29) is 61.8 Å². The zero-order chi connectivity index (χ0) is 11.5. The van der Waals surface area contributed by atoms with Crippen LogP contribution in [0.15, 0.2) is 16.5 Å². The molecular formula is C10H16Cl2O3Si2Ti. The Morgan fingerprint density at radius 2 is 1.94 bits per heavy atom. The van der Waals surface area contributed by atoms with Crippen molar-refractivity contribution in [2.24, 2.45) is 0 Å². The summed E-state index contributed by atoms with van der Waals surface area (Å²) in [6.07, 6.45) is 4.45. The quantitative estimate of drug-likeness (QED) is 0.288. The first-order valence-corrected chi connectivity index (χ1v) is 9.63. The summed E-state index contributed by atoms with van der Waals surface area (Å²) >= 11 is 0. The summed E-state index contributed by atoms with van der Waals surface area (Å²) in [5.74, 6) is 0.0868. The number of hydrogen-bond donors (Lipinski definition) is 0. The third kappa shape index (κ3) is 10.7. The fraction of sp³-hybridized carbons (Fsp3) is 0.400. The van der Waals surface area contributed by atoms with Gasteiger partial charge < -0.3 is 38.8 Å². The monoisotopic (exact) mass is 358 g/mol. The number of ether oxygens (including phenoxy) is 1. The van der Waals surface area contributed by atoms with Crippen molar-refractivity contribution in [1.29, 1.82) is 0 Å². The van der Waals surface area contributed by atoms with E-state index in [9.17, 15) is 4.79 Å². The standard InChI is InChI=1S/C5H13O2Si.C5H3OSi.2ClH.Ti/c1-6-5-7-8(2,3)4;6-3-1-4-5(2-3)7-4;;;/h1,5H2,2-4H3;1H,7H2;2*1H;/q2*-1;;;+4/p-2. The molecule has 0 amide bonds. The van der Waals surface area contributed by atoms with Crippen molar-refractivity contribution < 1.29 is 60.5 Å². The second kappa shape index (κ2) is 10.6. The van der Waals surface area contributed by atoms with Gasteiger partial charge in [-0.1, -0.05) is 0 Å². The van der Waals surface area contributed by atoms with Crippen LogP contribution in [0.2, 0.25) is 19.6 Å². The fourth-order valence-electron chi connectivity index (χ4n) is 0.970. The van der Waals surface area contributed by atoms with Crippen LogP contribution in [-0.4, -0.2) is 30.4 Å². The van der Waals surface area contributed by atoms with E-state index >= 15 is 0 Å². The molecule has 0 N–H and O–H groups in total. The molecule has 0 bridgehead atoms. The van der Waals surface area contributed by atoms with Crippen LogP contribution in [-0.2, 0) is 35.7 Å². The van der Waals surface area contributed by atoms with E-state index in [1.165, 1.54) is 10.4 Å². The zero-order valence-corrected chi connectivity index (χ0v) is 16.2. The van der Waals surface area contributed by atoms with Gasteiger partial charge in [0.05, 0.1) is 5.78 Å². The molecule has 0 spiro atoms. The van der Waals surface area contributed by atoms with E-state index in [0.29, 0.717) is 6.79 Å². The summed E-state index contributed by atoms with van der Waals surface area (Å²) in [5.41, 5.74) is 0. The summed E-state index contributed by atoms with van der Waals surface area (Å²) in [7, 11) is 1.85. The van der Waals surface area contributed by atoms with Crippen molar-refractivity contribution in [3.05, 3.63) is 29.7 Å². The Kier molecular flexibility index (Phi) is 14.0. The van der Waals surface area contributed by atoms with Crippen LogP contribution in [0.5, 0.6) is 0 Å². The molecule has 0 unspecified atom stereocenters. The second-order valence-corrected chi connectivity index (χ2v) is 10.7. The first-order valence-electron chi connectivity index (χ1n) is 4.81. The van der Waals surface area contributed by atoms with Crippen LogP contribution in [0, 0.1) is 13.2 Å². The van der Waals surface area contributed by atoms with Crippen LogP contribution in [0.3, 0.4) is 0 Å². The Morgan fingerprint density at radius 3 is 2.11 bits per heavy atom. The number of ketones is 1. The molecule has 0 radical (unpaired) electrons. The third-order valence-electron chi connectivity index (χ3n) is 1.78. The van der Waals surface area contributed by atoms with Crippen molar-refractivity contribution in [1.82, 2.24) is 0 Å². The van der Waals surface area contributed by atoms with Crippen molar-refractivity contribution in [3.8, 4) is 0 Å². The molecular weight excluding hydrogens is 343 g/mol. The summed E-state index contributed by atoms with van der Waals surface area (Å²) < 4.78 is 9.71. The number of carbonyl (C=O) groups excluding carboxylic acids is 1. The molecule has 1 heterocycles. The molecule has 1 aliphatic carbocycles. The van der Waals surface area contributed by atoms with Crippen LogP contribution >= 0.6 is 0 Å². The fourth-order valence-corrected chi connectivity index (χ4v) is 2.44. The number of hydrogen-bond acceptors (Lipinski definition) is 3. The molecule has 3 nitrogen and oxygen atoms in total. The number of allylic oxidation sites excluding steroid dienone is 4. The van der Waals surface area contributed by atoms with E-state index in [1.54, 1.807) is 6.08 Å². The van der Waals surface area contributed by atoms with E-state index in [1.807, 2.05) is 0 Å². The van der Waals surface area contributed by atoms with Gasteiger partial charge in [-0.3, -0.25) is 0 Å². The zero-order valence-electron chi connectivity index (χ0n) is 10.7. The van der Waals surface area contributed by atoms with Crippen molar-refractivity contribution in [2.75, 3.05) is 6.79 Å². The molecule has 2 rings (SSSR count). The average Bonchev–Trinajstić information content (AvgIpc) is 2.71. The van der Waals surface area contributed by atoms with Gasteiger partial charge in [0.1, 0.15) is 6.79 Å². The van der Waals surface area contributed by atoms with Gasteiger partial charge in [0.2, 0.25) is 0 Å². The molecule has 1 saturated heterocycles. The van der Waals surface area contributed by atoms with E-state index in [4.69, 9.17) is 4.43 Å². The topological polar surface area (TPSA) is 35.5 Å². The van der Waals surface area contributed by atoms with Gasteiger partial charge in [-0.25, -0.2) is 12.3 Å². The summed E-state index contributed by atoms with van der Waals surface area (Å²) in [6.45, 7) is 6.64. The molecule has 8 heteroatoms. The van der Waals surface area contributed by atoms with Gasteiger partial charge in [0.15, 0.2) is 8.32 Å². The number of halogens is 2. The maximum atomic E-state index is 10.3. The largest absolute Gasteiger partial charge is 4.00 e. The predicted molar refractivity (Wildman–Crippen MR) is 64.1 cm³/mol. The minimum absolute atomic E-state index is 0. The minimum atomic E-state index is -1.34. The summed E-state index contributed by atoms with van der Waals surface area (Å²) in [4.78, 5) is 10.3. The van der Waals surface area contributed by atoms with E-state index < -0.39 is 8.32 Å². The van der Waals surface area contributed by atoms with Crippen molar-refractivity contribution in [2.45, 2.75) is 19.6 Å². The van der Waals surface area contributed by atoms with Gasteiger partial charge in [-0.2, -0.15) is 11.3 Å². The Labute approximate surface area is 139 Å². The molecule has 0 atom stereocenters. The first-order chi connectivity index (χ1) is 6.92. The number of rotatable bonds is 3. The summed E-state index contributed by atoms with van der Waals surface area (Å²) in [6, 6.07) is 0. The average molecular weight is 359 g/mol. The molecule has 1 aliphatic heterocycles. The Morgan fingerprint density at radius 1 is 1.39 bits per heavy atom. The van der Waals surface area contributed by atoms with Crippen LogP contribution in [0.4, 0.5) is 0 Å². The van der Waals surface area contributed by atoms with Crippen LogP contribution < -0.4 is 24.8 Å². The smallest absolute Gasteiger partial charge is 1.00 e. The van der Waals surface area contributed by atoms with Gasteiger partial charge >= 0.3 is 21.7 Å². The third-order valence-corrected chi connectivity index (χ3v) is 4.26. The van der Waals surface area contributed by atoms with Crippen LogP contribution in [0.1, 0.15) is 0 Å². The molecule has 2 aliphatic rings. The molecule has 0 aromatic rings. The Balaban J connectivity index is -0.000000214.